The van der Waals surface area contributed by atoms with Gasteiger partial charge in [0.25, 0.3) is 0 Å². The number of benzene rings is 1. The lowest BCUT2D eigenvalue weighted by molar-refractivity contribution is -0.193. The van der Waals surface area contributed by atoms with Crippen LogP contribution < -0.4 is 20.9 Å². The zero-order valence-corrected chi connectivity index (χ0v) is 27.4. The number of aryl methyl sites for hydroxylation is 3. The van der Waals surface area contributed by atoms with Crippen molar-refractivity contribution in [2.24, 2.45) is 5.92 Å². The van der Waals surface area contributed by atoms with Crippen LogP contribution in [0, 0.1) is 12.8 Å². The Kier molecular flexibility index (Phi) is 11.1. The molecule has 5 heterocycles. The maximum Gasteiger partial charge on any atom is 0.458 e. The lowest BCUT2D eigenvalue weighted by Gasteiger charge is -2.31. The largest absolute Gasteiger partial charge is 0.458 e. The van der Waals surface area contributed by atoms with E-state index >= 15 is 0 Å². The number of aromatic nitrogens is 4. The third kappa shape index (κ3) is 9.93. The molecule has 0 saturated carbocycles. The van der Waals surface area contributed by atoms with Crippen LogP contribution >= 0.6 is 11.6 Å². The maximum absolute atomic E-state index is 13.1. The minimum atomic E-state index is -5.77. The molecule has 1 saturated heterocycles. The number of carbonyl (C=O) groups excluding carboxylic acids is 3. The van der Waals surface area contributed by atoms with Gasteiger partial charge in [-0.2, -0.15) is 31.3 Å². The summed E-state index contributed by atoms with van der Waals surface area (Å²) >= 11 is 6.37. The molecule has 0 atom stereocenters. The Hall–Kier alpha value is -5.26. The van der Waals surface area contributed by atoms with E-state index < -0.39 is 23.9 Å². The predicted molar refractivity (Wildman–Crippen MR) is 173 cm³/mol. The minimum Gasteiger partial charge on any atom is -0.360 e. The van der Waals surface area contributed by atoms with E-state index in [0.29, 0.717) is 29.1 Å². The number of nitrogens with one attached hydrogen (secondary N) is 3. The highest BCUT2D eigenvalue weighted by Gasteiger charge is 2.54. The molecule has 2 aliphatic rings. The molecule has 0 unspecified atom stereocenters. The monoisotopic (exact) mass is 738 g/mol. The molecule has 1 aromatic carbocycles. The summed E-state index contributed by atoms with van der Waals surface area (Å²) in [6.07, 6.45) is -2.55. The van der Waals surface area contributed by atoms with E-state index in [-0.39, 0.29) is 5.91 Å². The standard InChI is InChI=1S/C28H29ClN8O2.C4F6O2/c1-17-10-25(36-39-17)37-8-6-18(7-9-37)12-26(38)34-24-5-4-21-13-20(24)3-2-19-11-22(15-30-14-19)33-28-31-16-23(29)27(32-21)35-28;5-3(6,7)1(11)2(12)4(8,9)10/h4-5,10-11,13-16,18H,2-3,6-9,12H2,1H3,(H,34,38)(H2,31,32,33,35);. The van der Waals surface area contributed by atoms with Crippen molar-refractivity contribution in [3.8, 4) is 0 Å². The molecule has 6 bridgehead atoms. The van der Waals surface area contributed by atoms with E-state index in [4.69, 9.17) is 16.1 Å². The Morgan fingerprint density at radius 2 is 1.65 bits per heavy atom. The van der Waals surface area contributed by atoms with Crippen molar-refractivity contribution in [1.82, 2.24) is 20.1 Å². The van der Waals surface area contributed by atoms with E-state index in [1.807, 2.05) is 43.5 Å². The number of halogens is 7. The van der Waals surface area contributed by atoms with Crippen LogP contribution in [-0.2, 0) is 27.2 Å². The number of ketones is 2. The van der Waals surface area contributed by atoms with E-state index in [9.17, 15) is 40.7 Å². The number of rotatable bonds is 5. The summed E-state index contributed by atoms with van der Waals surface area (Å²) in [7, 11) is 0. The van der Waals surface area contributed by atoms with Crippen LogP contribution in [-0.4, -0.2) is 63.0 Å². The van der Waals surface area contributed by atoms with Gasteiger partial charge in [-0.25, -0.2) is 4.98 Å². The molecule has 0 spiro atoms. The van der Waals surface area contributed by atoms with Crippen LogP contribution in [0.1, 0.15) is 36.1 Å². The van der Waals surface area contributed by atoms with Crippen LogP contribution in [0.2, 0.25) is 5.02 Å². The number of hydrogen-bond acceptors (Lipinski definition) is 11. The fourth-order valence-corrected chi connectivity index (χ4v) is 5.48. The number of anilines is 6. The molecule has 1 amide bonds. The van der Waals surface area contributed by atoms with Gasteiger partial charge >= 0.3 is 23.9 Å². The molecule has 3 N–H and O–H groups in total. The highest BCUT2D eigenvalue weighted by Crippen LogP contribution is 2.31. The predicted octanol–water partition coefficient (Wildman–Crippen LogP) is 6.90. The van der Waals surface area contributed by atoms with Crippen molar-refractivity contribution in [2.75, 3.05) is 33.9 Å². The van der Waals surface area contributed by atoms with Crippen molar-refractivity contribution in [3.63, 3.8) is 0 Å². The second kappa shape index (κ2) is 15.3. The fraction of sp³-hybridized carbons (Fsp3) is 0.344. The number of Topliss-reactive ketones (excluding diaryl/α,β-unsaturated/α-hetero) is 2. The topological polar surface area (TPSA) is 155 Å². The van der Waals surface area contributed by atoms with Crippen LogP contribution in [0.15, 0.2) is 53.4 Å². The molecule has 1 fully saturated rings. The number of amides is 1. The van der Waals surface area contributed by atoms with Crippen molar-refractivity contribution >= 4 is 63.7 Å². The van der Waals surface area contributed by atoms with Crippen LogP contribution in [0.4, 0.5) is 61.0 Å². The van der Waals surface area contributed by atoms with Gasteiger partial charge in [0.1, 0.15) is 10.8 Å². The fourth-order valence-electron chi connectivity index (χ4n) is 5.34. The SMILES string of the molecule is Cc1cc(N2CCC(CC(=O)Nc3ccc4cc3CCc3cncc(c3)Nc3ncc(Cl)c(n3)N4)CC2)no1.O=C(C(=O)C(F)(F)F)C(F)(F)F. The van der Waals surface area contributed by atoms with Crippen molar-refractivity contribution < 1.29 is 45.2 Å². The molecule has 0 aliphatic carbocycles. The van der Waals surface area contributed by atoms with Gasteiger partial charge in [0.15, 0.2) is 11.6 Å². The summed E-state index contributed by atoms with van der Waals surface area (Å²) in [4.78, 5) is 47.7. The Labute approximate surface area is 291 Å². The van der Waals surface area contributed by atoms with E-state index in [2.05, 4.69) is 41.0 Å². The van der Waals surface area contributed by atoms with Gasteiger partial charge in [0, 0.05) is 43.1 Å². The smallest absolute Gasteiger partial charge is 0.360 e. The van der Waals surface area contributed by atoms with Gasteiger partial charge in [-0.1, -0.05) is 16.8 Å². The maximum atomic E-state index is 13.1. The molecule has 2 aliphatic heterocycles. The summed E-state index contributed by atoms with van der Waals surface area (Å²) in [6, 6.07) is 9.88. The first-order valence-corrected chi connectivity index (χ1v) is 15.8. The lowest BCUT2D eigenvalue weighted by Crippen LogP contribution is -2.39. The molecule has 0 radical (unpaired) electrons. The molecule has 19 heteroatoms. The van der Waals surface area contributed by atoms with Crippen molar-refractivity contribution in [3.05, 3.63) is 70.8 Å². The normalized spacial score (nSPS) is 14.7. The van der Waals surface area contributed by atoms with E-state index in [0.717, 1.165) is 78.5 Å². The second-order valence-corrected chi connectivity index (χ2v) is 12.1. The first-order chi connectivity index (χ1) is 24.0. The van der Waals surface area contributed by atoms with Crippen LogP contribution in [0.25, 0.3) is 0 Å². The number of pyridine rings is 1. The summed E-state index contributed by atoms with van der Waals surface area (Å²) in [6.45, 7) is 3.63. The van der Waals surface area contributed by atoms with Gasteiger partial charge in [0.2, 0.25) is 11.9 Å². The van der Waals surface area contributed by atoms with Crippen LogP contribution in [0.3, 0.4) is 0 Å². The van der Waals surface area contributed by atoms with Gasteiger partial charge < -0.3 is 25.4 Å². The summed E-state index contributed by atoms with van der Waals surface area (Å²) in [5.74, 6) is -3.86. The van der Waals surface area contributed by atoms with E-state index in [1.54, 1.807) is 12.4 Å². The van der Waals surface area contributed by atoms with Gasteiger partial charge in [-0.15, -0.1) is 0 Å². The number of alkyl halides is 6. The molecule has 3 aromatic heterocycles. The lowest BCUT2D eigenvalue weighted by atomic mass is 9.93. The van der Waals surface area contributed by atoms with Gasteiger partial charge in [-0.05, 0) is 73.9 Å². The highest BCUT2D eigenvalue weighted by atomic mass is 35.5. The molecule has 4 aromatic rings. The van der Waals surface area contributed by atoms with Crippen LogP contribution in [0.5, 0.6) is 0 Å². The van der Waals surface area contributed by atoms with Crippen molar-refractivity contribution in [1.29, 1.82) is 0 Å². The zero-order chi connectivity index (χ0) is 36.9. The average molecular weight is 739 g/mol. The third-order valence-electron chi connectivity index (χ3n) is 7.87. The van der Waals surface area contributed by atoms with Gasteiger partial charge in [0.05, 0.1) is 18.1 Å². The molecule has 12 nitrogen and oxygen atoms in total. The Bertz CT molecular complexity index is 1890. The molecule has 6 rings (SSSR count). The zero-order valence-electron chi connectivity index (χ0n) is 26.7. The Morgan fingerprint density at radius 3 is 2.29 bits per heavy atom. The number of piperidine rings is 1. The van der Waals surface area contributed by atoms with Crippen molar-refractivity contribution in [2.45, 2.75) is 51.4 Å². The molecule has 51 heavy (non-hydrogen) atoms. The minimum absolute atomic E-state index is 0.0296. The number of fused-ring (bicyclic) bond motifs is 6. The number of nitrogens with zero attached hydrogens (tertiary/aromatic N) is 5. The second-order valence-electron chi connectivity index (χ2n) is 11.7. The summed E-state index contributed by atoms with van der Waals surface area (Å²) in [5, 5.41) is 14.2. The number of carbonyl (C=O) groups is 3. The highest BCUT2D eigenvalue weighted by molar-refractivity contribution is 6.41. The molecular weight excluding hydrogens is 710 g/mol. The quantitative estimate of drug-likeness (QED) is 0.145. The first kappa shape index (κ1) is 37.0. The molecular formula is C32H29ClF6N8O4. The van der Waals surface area contributed by atoms with Gasteiger partial charge in [-0.3, -0.25) is 19.4 Å². The third-order valence-corrected chi connectivity index (χ3v) is 8.15. The summed E-state index contributed by atoms with van der Waals surface area (Å²) < 4.78 is 72.2. The Morgan fingerprint density at radius 1 is 0.941 bits per heavy atom. The first-order valence-electron chi connectivity index (χ1n) is 15.4. The molecule has 270 valence electrons. The number of hydrogen-bond donors (Lipinski definition) is 3. The van der Waals surface area contributed by atoms with E-state index in [1.165, 1.54) is 0 Å². The Balaban J connectivity index is 0.000000362. The average Bonchev–Trinajstić information content (AvgIpc) is 3.51. The summed E-state index contributed by atoms with van der Waals surface area (Å²) in [5.41, 5.74) is 4.53.